The van der Waals surface area contributed by atoms with Crippen LogP contribution in [0.25, 0.3) is 10.9 Å². The molecule has 6 nitrogen and oxygen atoms in total. The highest BCUT2D eigenvalue weighted by Crippen LogP contribution is 2.42. The molecular formula is C27H32N4O2. The number of ether oxygens (including phenoxy) is 1. The summed E-state index contributed by atoms with van der Waals surface area (Å²) in [6, 6.07) is 15.0. The monoisotopic (exact) mass is 444 g/mol. The predicted molar refractivity (Wildman–Crippen MR) is 132 cm³/mol. The van der Waals surface area contributed by atoms with Gasteiger partial charge in [-0.3, -0.25) is 0 Å². The lowest BCUT2D eigenvalue weighted by Crippen LogP contribution is -2.34. The van der Waals surface area contributed by atoms with Crippen molar-refractivity contribution in [3.05, 3.63) is 53.9 Å². The summed E-state index contributed by atoms with van der Waals surface area (Å²) in [5, 5.41) is 11.1. The fourth-order valence-corrected chi connectivity index (χ4v) is 5.46. The number of rotatable bonds is 5. The first kappa shape index (κ1) is 20.7. The Balaban J connectivity index is 1.31. The maximum absolute atomic E-state index is 10.0. The highest BCUT2D eigenvalue weighted by Gasteiger charge is 2.30. The number of anilines is 2. The van der Waals surface area contributed by atoms with Crippen LogP contribution in [0.5, 0.6) is 5.75 Å². The van der Waals surface area contributed by atoms with Gasteiger partial charge in [0.2, 0.25) is 0 Å². The van der Waals surface area contributed by atoms with Crippen molar-refractivity contribution in [1.82, 2.24) is 9.97 Å². The molecule has 3 aromatic rings. The molecule has 0 bridgehead atoms. The second-order valence-electron chi connectivity index (χ2n) is 9.77. The van der Waals surface area contributed by atoms with Gasteiger partial charge < -0.3 is 19.6 Å². The summed E-state index contributed by atoms with van der Waals surface area (Å²) in [5.41, 5.74) is 3.52. The molecule has 0 radical (unpaired) electrons. The van der Waals surface area contributed by atoms with Crippen molar-refractivity contribution in [3.63, 3.8) is 0 Å². The first-order chi connectivity index (χ1) is 16.2. The average Bonchev–Trinajstić information content (AvgIpc) is 3.63. The van der Waals surface area contributed by atoms with Crippen LogP contribution in [-0.2, 0) is 0 Å². The van der Waals surface area contributed by atoms with Gasteiger partial charge in [0, 0.05) is 43.2 Å². The number of para-hydroxylation sites is 1. The van der Waals surface area contributed by atoms with E-state index in [2.05, 4.69) is 46.2 Å². The van der Waals surface area contributed by atoms with Crippen molar-refractivity contribution >= 4 is 22.4 Å². The summed E-state index contributed by atoms with van der Waals surface area (Å²) in [6.07, 6.45) is 5.17. The van der Waals surface area contributed by atoms with Crippen LogP contribution in [0, 0.1) is 0 Å². The van der Waals surface area contributed by atoms with Crippen molar-refractivity contribution in [2.75, 3.05) is 43.1 Å². The van der Waals surface area contributed by atoms with Crippen molar-refractivity contribution in [2.45, 2.75) is 50.0 Å². The van der Waals surface area contributed by atoms with Crippen molar-refractivity contribution in [1.29, 1.82) is 0 Å². The van der Waals surface area contributed by atoms with Gasteiger partial charge in [0.05, 0.1) is 18.7 Å². The Bertz CT molecular complexity index is 1150. The molecule has 0 spiro atoms. The minimum absolute atomic E-state index is 0.234. The van der Waals surface area contributed by atoms with Gasteiger partial charge in [0.25, 0.3) is 0 Å². The van der Waals surface area contributed by atoms with E-state index in [4.69, 9.17) is 14.7 Å². The molecule has 0 unspecified atom stereocenters. The van der Waals surface area contributed by atoms with Crippen LogP contribution < -0.4 is 14.5 Å². The molecule has 2 saturated heterocycles. The van der Waals surface area contributed by atoms with Gasteiger partial charge in [-0.1, -0.05) is 18.2 Å². The van der Waals surface area contributed by atoms with Crippen LogP contribution in [0.3, 0.4) is 0 Å². The van der Waals surface area contributed by atoms with Crippen molar-refractivity contribution < 1.29 is 9.84 Å². The summed E-state index contributed by atoms with van der Waals surface area (Å²) < 4.78 is 5.63. The van der Waals surface area contributed by atoms with E-state index in [0.717, 1.165) is 72.9 Å². The molecule has 3 fully saturated rings. The van der Waals surface area contributed by atoms with E-state index in [-0.39, 0.29) is 6.10 Å². The van der Waals surface area contributed by atoms with E-state index in [1.54, 1.807) is 7.11 Å². The third-order valence-corrected chi connectivity index (χ3v) is 7.52. The average molecular weight is 445 g/mol. The summed E-state index contributed by atoms with van der Waals surface area (Å²) in [6.45, 7) is 3.55. The Morgan fingerprint density at radius 3 is 2.39 bits per heavy atom. The molecule has 1 aliphatic carbocycles. The Morgan fingerprint density at radius 2 is 1.67 bits per heavy atom. The third-order valence-electron chi connectivity index (χ3n) is 7.52. The first-order valence-electron chi connectivity index (χ1n) is 12.3. The molecule has 3 heterocycles. The molecular weight excluding hydrogens is 412 g/mol. The number of aromatic nitrogens is 2. The molecule has 1 N–H and O–H groups in total. The van der Waals surface area contributed by atoms with Gasteiger partial charge in [0.15, 0.2) is 0 Å². The molecule has 6 rings (SSSR count). The molecule has 2 aliphatic heterocycles. The zero-order valence-electron chi connectivity index (χ0n) is 19.3. The minimum Gasteiger partial charge on any atom is -0.496 e. The fourth-order valence-electron chi connectivity index (χ4n) is 5.46. The molecule has 2 aromatic carbocycles. The quantitative estimate of drug-likeness (QED) is 0.627. The SMILES string of the molecule is COc1ccccc1C1CCN(c2nc(C3CC3)nc3ccc(N4CC[C@@H](O)C4)cc23)CC1. The topological polar surface area (TPSA) is 61.7 Å². The number of nitrogens with zero attached hydrogens (tertiary/aromatic N) is 4. The molecule has 3 aliphatic rings. The number of aliphatic hydroxyl groups is 1. The zero-order chi connectivity index (χ0) is 22.4. The van der Waals surface area contributed by atoms with Gasteiger partial charge in [-0.15, -0.1) is 0 Å². The van der Waals surface area contributed by atoms with E-state index in [9.17, 15) is 5.11 Å². The minimum atomic E-state index is -0.234. The molecule has 6 heteroatoms. The summed E-state index contributed by atoms with van der Waals surface area (Å²) >= 11 is 0. The van der Waals surface area contributed by atoms with Crippen LogP contribution in [0.1, 0.15) is 55.3 Å². The zero-order valence-corrected chi connectivity index (χ0v) is 19.3. The van der Waals surface area contributed by atoms with Crippen LogP contribution in [0.4, 0.5) is 11.5 Å². The fraction of sp³-hybridized carbons (Fsp3) is 0.481. The number of benzene rings is 2. The predicted octanol–water partition coefficient (Wildman–Crippen LogP) is 4.47. The molecule has 1 saturated carbocycles. The van der Waals surface area contributed by atoms with Crippen molar-refractivity contribution in [2.24, 2.45) is 0 Å². The first-order valence-corrected chi connectivity index (χ1v) is 12.3. The normalized spacial score (nSPS) is 21.7. The standard InChI is InChI=1S/C27H32N4O2/c1-33-25-5-3-2-4-22(25)18-10-13-30(14-11-18)27-23-16-20(31-15-12-21(32)17-31)8-9-24(23)28-26(29-27)19-6-7-19/h2-5,8-9,16,18-19,21,32H,6-7,10-15,17H2,1H3/t21-/m1/s1. The van der Waals surface area contributed by atoms with E-state index in [0.29, 0.717) is 18.4 Å². The van der Waals surface area contributed by atoms with Crippen molar-refractivity contribution in [3.8, 4) is 5.75 Å². The van der Waals surface area contributed by atoms with Gasteiger partial charge in [-0.25, -0.2) is 9.97 Å². The molecule has 33 heavy (non-hydrogen) atoms. The van der Waals surface area contributed by atoms with E-state index < -0.39 is 0 Å². The molecule has 1 aromatic heterocycles. The van der Waals surface area contributed by atoms with Gasteiger partial charge in [-0.05, 0) is 67.9 Å². The molecule has 172 valence electrons. The lowest BCUT2D eigenvalue weighted by atomic mass is 9.88. The Kier molecular flexibility index (Phi) is 5.33. The second-order valence-corrected chi connectivity index (χ2v) is 9.77. The lowest BCUT2D eigenvalue weighted by Gasteiger charge is -2.34. The Labute approximate surface area is 195 Å². The Hall–Kier alpha value is -2.86. The molecule has 0 amide bonds. The number of aliphatic hydroxyl groups excluding tert-OH is 1. The van der Waals surface area contributed by atoms with E-state index >= 15 is 0 Å². The maximum Gasteiger partial charge on any atom is 0.140 e. The number of hydrogen-bond acceptors (Lipinski definition) is 6. The summed E-state index contributed by atoms with van der Waals surface area (Å²) in [5.74, 6) is 4.12. The van der Waals surface area contributed by atoms with E-state index in [1.807, 2.05) is 6.07 Å². The van der Waals surface area contributed by atoms with Crippen LogP contribution in [-0.4, -0.2) is 54.5 Å². The highest BCUT2D eigenvalue weighted by molar-refractivity contribution is 5.92. The maximum atomic E-state index is 10.0. The van der Waals surface area contributed by atoms with Gasteiger partial charge >= 0.3 is 0 Å². The van der Waals surface area contributed by atoms with E-state index in [1.165, 1.54) is 18.4 Å². The van der Waals surface area contributed by atoms with Gasteiger partial charge in [-0.2, -0.15) is 0 Å². The lowest BCUT2D eigenvalue weighted by molar-refractivity contribution is 0.198. The second kappa shape index (κ2) is 8.49. The third kappa shape index (κ3) is 4.01. The largest absolute Gasteiger partial charge is 0.496 e. The smallest absolute Gasteiger partial charge is 0.140 e. The number of hydrogen-bond donors (Lipinski definition) is 1. The number of fused-ring (bicyclic) bond motifs is 1. The molecule has 1 atom stereocenters. The number of methoxy groups -OCH3 is 1. The number of β-amino-alcohol motifs (C(OH)–C–C–N with tert-alkyl or cyclic N) is 1. The van der Waals surface area contributed by atoms with Crippen LogP contribution in [0.15, 0.2) is 42.5 Å². The van der Waals surface area contributed by atoms with Gasteiger partial charge in [0.1, 0.15) is 17.4 Å². The summed E-state index contributed by atoms with van der Waals surface area (Å²) in [4.78, 5) is 14.8. The highest BCUT2D eigenvalue weighted by atomic mass is 16.5. The summed E-state index contributed by atoms with van der Waals surface area (Å²) in [7, 11) is 1.76. The Morgan fingerprint density at radius 1 is 0.879 bits per heavy atom. The van der Waals surface area contributed by atoms with Crippen LogP contribution in [0.2, 0.25) is 0 Å². The number of piperidine rings is 1. The van der Waals surface area contributed by atoms with Crippen LogP contribution >= 0.6 is 0 Å².